The first-order chi connectivity index (χ1) is 14.0. The number of hydrogen-bond acceptors (Lipinski definition) is 3. The van der Waals surface area contributed by atoms with Crippen LogP contribution in [-0.2, 0) is 9.59 Å². The highest BCUT2D eigenvalue weighted by atomic mass is 32.2. The molecule has 1 atom stereocenters. The van der Waals surface area contributed by atoms with Crippen LogP contribution in [0.1, 0.15) is 61.1 Å². The predicted octanol–water partition coefficient (Wildman–Crippen LogP) is 5.99. The van der Waals surface area contributed by atoms with Crippen molar-refractivity contribution in [3.63, 3.8) is 0 Å². The highest BCUT2D eigenvalue weighted by Gasteiger charge is 2.34. The number of nitrogens with zero attached hydrogens (tertiary/aromatic N) is 1. The summed E-state index contributed by atoms with van der Waals surface area (Å²) in [7, 11) is 0. The van der Waals surface area contributed by atoms with Gasteiger partial charge in [0.1, 0.15) is 5.37 Å². The fourth-order valence-corrected chi connectivity index (χ4v) is 4.91. The normalized spacial score (nSPS) is 16.3. The van der Waals surface area contributed by atoms with Crippen molar-refractivity contribution in [3.05, 3.63) is 59.2 Å². The first-order valence-corrected chi connectivity index (χ1v) is 11.4. The number of rotatable bonds is 8. The number of thioether (sulfide) groups is 1. The van der Waals surface area contributed by atoms with Crippen molar-refractivity contribution < 1.29 is 9.59 Å². The molecule has 1 fully saturated rings. The van der Waals surface area contributed by atoms with Crippen molar-refractivity contribution in [2.75, 3.05) is 16.0 Å². The van der Waals surface area contributed by atoms with Crippen LogP contribution >= 0.6 is 11.8 Å². The molecule has 0 bridgehead atoms. The third-order valence-electron chi connectivity index (χ3n) is 5.07. The van der Waals surface area contributed by atoms with E-state index in [0.29, 0.717) is 12.2 Å². The summed E-state index contributed by atoms with van der Waals surface area (Å²) in [6.45, 7) is 6.27. The maximum Gasteiger partial charge on any atom is 0.238 e. The number of aryl methyl sites for hydroxylation is 2. The van der Waals surface area contributed by atoms with Crippen molar-refractivity contribution >= 4 is 35.0 Å². The smallest absolute Gasteiger partial charge is 0.238 e. The molecule has 0 aliphatic carbocycles. The van der Waals surface area contributed by atoms with E-state index in [-0.39, 0.29) is 17.2 Å². The SMILES string of the molecule is CCCCCCC(=O)Nc1cccc(C2SCC(=O)N2c2cc(C)cc(C)c2)c1. The van der Waals surface area contributed by atoms with Crippen LogP contribution in [0.5, 0.6) is 0 Å². The number of hydrogen-bond donors (Lipinski definition) is 1. The Balaban J connectivity index is 1.75. The Morgan fingerprint density at radius 3 is 2.59 bits per heavy atom. The number of nitrogens with one attached hydrogen (secondary N) is 1. The lowest BCUT2D eigenvalue weighted by Crippen LogP contribution is -2.28. The minimum Gasteiger partial charge on any atom is -0.326 e. The van der Waals surface area contributed by atoms with Gasteiger partial charge in [0.05, 0.1) is 5.75 Å². The Morgan fingerprint density at radius 2 is 1.86 bits per heavy atom. The van der Waals surface area contributed by atoms with E-state index in [9.17, 15) is 9.59 Å². The summed E-state index contributed by atoms with van der Waals surface area (Å²) in [5.74, 6) is 0.640. The molecular weight excluding hydrogens is 380 g/mol. The zero-order valence-electron chi connectivity index (χ0n) is 17.5. The van der Waals surface area contributed by atoms with E-state index in [4.69, 9.17) is 0 Å². The number of amides is 2. The van der Waals surface area contributed by atoms with Gasteiger partial charge in [0.2, 0.25) is 11.8 Å². The third kappa shape index (κ3) is 5.63. The van der Waals surface area contributed by atoms with Crippen LogP contribution in [0.2, 0.25) is 0 Å². The molecule has 4 nitrogen and oxygen atoms in total. The van der Waals surface area contributed by atoms with Gasteiger partial charge in [0, 0.05) is 17.8 Å². The van der Waals surface area contributed by atoms with Crippen LogP contribution in [-0.4, -0.2) is 17.6 Å². The summed E-state index contributed by atoms with van der Waals surface area (Å²) < 4.78 is 0. The Kier molecular flexibility index (Phi) is 7.37. The Labute approximate surface area is 178 Å². The van der Waals surface area contributed by atoms with E-state index in [1.54, 1.807) is 11.8 Å². The lowest BCUT2D eigenvalue weighted by atomic mass is 10.1. The maximum absolute atomic E-state index is 12.7. The molecule has 2 aromatic carbocycles. The Bertz CT molecular complexity index is 861. The highest BCUT2D eigenvalue weighted by Crippen LogP contribution is 2.42. The summed E-state index contributed by atoms with van der Waals surface area (Å²) in [6.07, 6.45) is 4.90. The molecule has 1 heterocycles. The molecule has 0 aromatic heterocycles. The van der Waals surface area contributed by atoms with Crippen molar-refractivity contribution in [1.29, 1.82) is 0 Å². The summed E-state index contributed by atoms with van der Waals surface area (Å²) in [5, 5.41) is 2.94. The number of benzene rings is 2. The van der Waals surface area contributed by atoms with Gasteiger partial charge < -0.3 is 5.32 Å². The van der Waals surface area contributed by atoms with Gasteiger partial charge in [-0.3, -0.25) is 14.5 Å². The molecule has 1 aliphatic rings. The lowest BCUT2D eigenvalue weighted by molar-refractivity contribution is -0.117. The molecule has 1 unspecified atom stereocenters. The van der Waals surface area contributed by atoms with E-state index >= 15 is 0 Å². The topological polar surface area (TPSA) is 49.4 Å². The molecule has 1 aliphatic heterocycles. The molecule has 0 radical (unpaired) electrons. The van der Waals surface area contributed by atoms with E-state index < -0.39 is 0 Å². The molecule has 2 amide bonds. The summed E-state index contributed by atoms with van der Waals surface area (Å²) >= 11 is 1.63. The Morgan fingerprint density at radius 1 is 1.10 bits per heavy atom. The van der Waals surface area contributed by atoms with Gasteiger partial charge in [-0.15, -0.1) is 11.8 Å². The molecule has 3 rings (SSSR count). The van der Waals surface area contributed by atoms with E-state index in [1.165, 1.54) is 12.8 Å². The Hall–Kier alpha value is -2.27. The zero-order chi connectivity index (χ0) is 20.8. The van der Waals surface area contributed by atoms with Crippen molar-refractivity contribution in [2.45, 2.75) is 58.2 Å². The quantitative estimate of drug-likeness (QED) is 0.544. The van der Waals surface area contributed by atoms with Crippen molar-refractivity contribution in [3.8, 4) is 0 Å². The van der Waals surface area contributed by atoms with Crippen LogP contribution in [0, 0.1) is 13.8 Å². The minimum atomic E-state index is -0.0786. The van der Waals surface area contributed by atoms with Gasteiger partial charge >= 0.3 is 0 Å². The molecule has 1 N–H and O–H groups in total. The summed E-state index contributed by atoms with van der Waals surface area (Å²) in [5.41, 5.74) is 5.06. The van der Waals surface area contributed by atoms with Crippen LogP contribution in [0.3, 0.4) is 0 Å². The molecule has 154 valence electrons. The molecular formula is C24H30N2O2S. The molecule has 5 heteroatoms. The minimum absolute atomic E-state index is 0.0552. The van der Waals surface area contributed by atoms with Gasteiger partial charge in [-0.05, 0) is 61.2 Å². The molecule has 2 aromatic rings. The number of anilines is 2. The fraction of sp³-hybridized carbons (Fsp3) is 0.417. The van der Waals surface area contributed by atoms with E-state index in [2.05, 4.69) is 44.3 Å². The van der Waals surface area contributed by atoms with Crippen LogP contribution in [0.15, 0.2) is 42.5 Å². The third-order valence-corrected chi connectivity index (χ3v) is 6.28. The van der Waals surface area contributed by atoms with E-state index in [0.717, 1.165) is 40.9 Å². The summed E-state index contributed by atoms with van der Waals surface area (Å²) in [6, 6.07) is 14.1. The average Bonchev–Trinajstić information content (AvgIpc) is 3.06. The second-order valence-corrected chi connectivity index (χ2v) is 8.83. The predicted molar refractivity (Wildman–Crippen MR) is 122 cm³/mol. The first kappa shape index (κ1) is 21.4. The van der Waals surface area contributed by atoms with Gasteiger partial charge in [0.25, 0.3) is 0 Å². The van der Waals surface area contributed by atoms with Crippen molar-refractivity contribution in [1.82, 2.24) is 0 Å². The van der Waals surface area contributed by atoms with Crippen molar-refractivity contribution in [2.24, 2.45) is 0 Å². The largest absolute Gasteiger partial charge is 0.326 e. The van der Waals surface area contributed by atoms with Crippen LogP contribution < -0.4 is 10.2 Å². The van der Waals surface area contributed by atoms with Crippen LogP contribution in [0.25, 0.3) is 0 Å². The molecule has 1 saturated heterocycles. The number of carbonyl (C=O) groups is 2. The monoisotopic (exact) mass is 410 g/mol. The summed E-state index contributed by atoms with van der Waals surface area (Å²) in [4.78, 5) is 26.8. The fourth-order valence-electron chi connectivity index (χ4n) is 3.75. The average molecular weight is 411 g/mol. The molecule has 0 spiro atoms. The second kappa shape index (κ2) is 9.97. The first-order valence-electron chi connectivity index (χ1n) is 10.4. The molecule has 0 saturated carbocycles. The number of carbonyl (C=O) groups excluding carboxylic acids is 2. The number of unbranched alkanes of at least 4 members (excludes halogenated alkanes) is 3. The zero-order valence-corrected chi connectivity index (χ0v) is 18.3. The lowest BCUT2D eigenvalue weighted by Gasteiger charge is -2.25. The standard InChI is InChI=1S/C24H30N2O2S/c1-4-5-6-7-11-22(27)25-20-10-8-9-19(15-20)24-26(23(28)16-29-24)21-13-17(2)12-18(3)14-21/h8-10,12-15,24H,4-7,11,16H2,1-3H3,(H,25,27). The van der Waals surface area contributed by atoms with Gasteiger partial charge in [-0.25, -0.2) is 0 Å². The van der Waals surface area contributed by atoms with Gasteiger partial charge in [0.15, 0.2) is 0 Å². The second-order valence-electron chi connectivity index (χ2n) is 7.76. The van der Waals surface area contributed by atoms with Gasteiger partial charge in [-0.1, -0.05) is 44.4 Å². The van der Waals surface area contributed by atoms with E-state index in [1.807, 2.05) is 29.2 Å². The van der Waals surface area contributed by atoms with Gasteiger partial charge in [-0.2, -0.15) is 0 Å². The molecule has 29 heavy (non-hydrogen) atoms. The highest BCUT2D eigenvalue weighted by molar-refractivity contribution is 8.00. The van der Waals surface area contributed by atoms with Crippen LogP contribution in [0.4, 0.5) is 11.4 Å². The maximum atomic E-state index is 12.7.